The van der Waals surface area contributed by atoms with E-state index >= 15 is 0 Å². The van der Waals surface area contributed by atoms with Crippen LogP contribution in [-0.4, -0.2) is 61.8 Å². The highest BCUT2D eigenvalue weighted by atomic mass is 16.5. The summed E-state index contributed by atoms with van der Waals surface area (Å²) in [6.07, 6.45) is 1.01. The Morgan fingerprint density at radius 3 is 2.65 bits per heavy atom. The average molecular weight is 358 g/mol. The van der Waals surface area contributed by atoms with Crippen molar-refractivity contribution in [2.24, 2.45) is 0 Å². The van der Waals surface area contributed by atoms with Gasteiger partial charge in [-0.3, -0.25) is 4.79 Å². The van der Waals surface area contributed by atoms with Crippen LogP contribution in [0.15, 0.2) is 30.3 Å². The third kappa shape index (κ3) is 3.48. The van der Waals surface area contributed by atoms with Crippen LogP contribution >= 0.6 is 0 Å². The lowest BCUT2D eigenvalue weighted by Gasteiger charge is -2.37. The Balaban J connectivity index is 1.89. The molecular formula is C19H22N2O5. The Morgan fingerprint density at radius 2 is 1.96 bits per heavy atom. The lowest BCUT2D eigenvalue weighted by Crippen LogP contribution is -2.52. The molecule has 1 saturated heterocycles. The molecule has 1 amide bonds. The van der Waals surface area contributed by atoms with Crippen molar-refractivity contribution in [3.63, 3.8) is 0 Å². The van der Waals surface area contributed by atoms with E-state index in [-0.39, 0.29) is 12.0 Å². The number of hydrogen-bond acceptors (Lipinski definition) is 6. The summed E-state index contributed by atoms with van der Waals surface area (Å²) in [6, 6.07) is 8.29. The van der Waals surface area contributed by atoms with Crippen molar-refractivity contribution in [1.29, 1.82) is 0 Å². The number of piperidine rings is 1. The van der Waals surface area contributed by atoms with Crippen LogP contribution in [0, 0.1) is 0 Å². The van der Waals surface area contributed by atoms with Gasteiger partial charge in [0, 0.05) is 25.5 Å². The van der Waals surface area contributed by atoms with Crippen molar-refractivity contribution in [1.82, 2.24) is 9.88 Å². The summed E-state index contributed by atoms with van der Waals surface area (Å²) in [6.45, 7) is 0.416. The Kier molecular flexibility index (Phi) is 5.37. The van der Waals surface area contributed by atoms with E-state index in [0.29, 0.717) is 30.6 Å². The quantitative estimate of drug-likeness (QED) is 0.779. The molecule has 7 heteroatoms. The summed E-state index contributed by atoms with van der Waals surface area (Å²) in [4.78, 5) is 31.1. The molecule has 0 aliphatic carbocycles. The minimum Gasteiger partial charge on any atom is -0.497 e. The first-order valence-corrected chi connectivity index (χ1v) is 8.43. The van der Waals surface area contributed by atoms with Gasteiger partial charge in [-0.15, -0.1) is 0 Å². The van der Waals surface area contributed by atoms with Gasteiger partial charge in [-0.2, -0.15) is 0 Å². The number of benzene rings is 1. The van der Waals surface area contributed by atoms with Gasteiger partial charge < -0.3 is 19.1 Å². The second-order valence-corrected chi connectivity index (χ2v) is 6.17. The number of ether oxygens (including phenoxy) is 3. The number of carbonyl (C=O) groups is 2. The number of hydrogen-bond donors (Lipinski definition) is 0. The van der Waals surface area contributed by atoms with Crippen LogP contribution in [0.3, 0.4) is 0 Å². The van der Waals surface area contributed by atoms with Gasteiger partial charge in [0.15, 0.2) is 0 Å². The summed E-state index contributed by atoms with van der Waals surface area (Å²) in [5.41, 5.74) is 0.991. The molecule has 0 unspecified atom stereocenters. The van der Waals surface area contributed by atoms with Gasteiger partial charge in [0.2, 0.25) is 0 Å². The van der Waals surface area contributed by atoms with E-state index in [9.17, 15) is 9.59 Å². The Bertz CT molecular complexity index is 823. The van der Waals surface area contributed by atoms with E-state index < -0.39 is 12.0 Å². The molecule has 1 aliphatic rings. The first kappa shape index (κ1) is 18.1. The largest absolute Gasteiger partial charge is 0.497 e. The average Bonchev–Trinajstić information content (AvgIpc) is 2.71. The number of methoxy groups -OCH3 is 3. The maximum atomic E-state index is 13.0. The van der Waals surface area contributed by atoms with Crippen molar-refractivity contribution < 1.29 is 23.8 Å². The highest BCUT2D eigenvalue weighted by Gasteiger charge is 2.37. The van der Waals surface area contributed by atoms with E-state index in [0.717, 1.165) is 11.1 Å². The highest BCUT2D eigenvalue weighted by Crippen LogP contribution is 2.24. The van der Waals surface area contributed by atoms with Crippen molar-refractivity contribution in [2.75, 3.05) is 27.9 Å². The molecule has 0 saturated carbocycles. The molecule has 0 bridgehead atoms. The molecule has 138 valence electrons. The van der Waals surface area contributed by atoms with Gasteiger partial charge >= 0.3 is 5.97 Å². The molecule has 26 heavy (non-hydrogen) atoms. The van der Waals surface area contributed by atoms with Crippen LogP contribution in [0.2, 0.25) is 0 Å². The molecule has 1 aromatic carbocycles. The van der Waals surface area contributed by atoms with Gasteiger partial charge in [-0.1, -0.05) is 6.07 Å². The molecular weight excluding hydrogens is 336 g/mol. The molecule has 0 radical (unpaired) electrons. The molecule has 0 N–H and O–H groups in total. The molecule has 7 nitrogen and oxygen atoms in total. The molecule has 2 atom stereocenters. The van der Waals surface area contributed by atoms with Crippen LogP contribution in [0.25, 0.3) is 10.9 Å². The van der Waals surface area contributed by atoms with Crippen LogP contribution in [-0.2, 0) is 14.3 Å². The Hall–Kier alpha value is -2.67. The number of likely N-dealkylation sites (tertiary alicyclic amines) is 1. The zero-order valence-electron chi connectivity index (χ0n) is 15.1. The number of esters is 1. The first-order chi connectivity index (χ1) is 12.6. The molecule has 2 heterocycles. The van der Waals surface area contributed by atoms with Crippen molar-refractivity contribution in [3.05, 3.63) is 36.0 Å². The van der Waals surface area contributed by atoms with E-state index in [1.807, 2.05) is 12.1 Å². The maximum absolute atomic E-state index is 13.0. The number of fused-ring (bicyclic) bond motifs is 1. The number of nitrogens with zero attached hydrogens (tertiary/aromatic N) is 2. The SMILES string of the molecule is COC(=O)[C@H]1C[C@@H](OC)CCN1C(=O)c1ccc2cc(OC)ccc2n1. The summed E-state index contributed by atoms with van der Waals surface area (Å²) < 4.78 is 15.4. The zero-order chi connectivity index (χ0) is 18.7. The normalized spacial score (nSPS) is 20.0. The molecule has 1 aromatic heterocycles. The van der Waals surface area contributed by atoms with Gasteiger partial charge in [-0.05, 0) is 30.7 Å². The number of amides is 1. The van der Waals surface area contributed by atoms with E-state index in [4.69, 9.17) is 14.2 Å². The lowest BCUT2D eigenvalue weighted by molar-refractivity contribution is -0.149. The maximum Gasteiger partial charge on any atom is 0.328 e. The fraction of sp³-hybridized carbons (Fsp3) is 0.421. The fourth-order valence-corrected chi connectivity index (χ4v) is 3.25. The van der Waals surface area contributed by atoms with Crippen molar-refractivity contribution in [2.45, 2.75) is 25.0 Å². The third-order valence-corrected chi connectivity index (χ3v) is 4.74. The highest BCUT2D eigenvalue weighted by molar-refractivity contribution is 5.97. The summed E-state index contributed by atoms with van der Waals surface area (Å²) in [7, 11) is 4.53. The van der Waals surface area contributed by atoms with Crippen molar-refractivity contribution in [3.8, 4) is 5.75 Å². The topological polar surface area (TPSA) is 78.0 Å². The summed E-state index contributed by atoms with van der Waals surface area (Å²) in [5, 5.41) is 0.878. The molecule has 0 spiro atoms. The lowest BCUT2D eigenvalue weighted by atomic mass is 9.98. The minimum absolute atomic E-state index is 0.0693. The zero-order valence-corrected chi connectivity index (χ0v) is 15.1. The van der Waals surface area contributed by atoms with E-state index in [2.05, 4.69) is 4.98 Å². The molecule has 3 rings (SSSR count). The molecule has 1 fully saturated rings. The van der Waals surface area contributed by atoms with Gasteiger partial charge in [0.05, 0.1) is 25.8 Å². The third-order valence-electron chi connectivity index (χ3n) is 4.74. The Labute approximate surface area is 151 Å². The monoisotopic (exact) mass is 358 g/mol. The Morgan fingerprint density at radius 1 is 1.15 bits per heavy atom. The standard InChI is InChI=1S/C19H22N2O5/c1-24-13-5-7-15-12(10-13)4-6-16(20-15)18(22)21-9-8-14(25-2)11-17(21)19(23)26-3/h4-7,10,14,17H,8-9,11H2,1-3H3/t14-,17+/m0/s1. The summed E-state index contributed by atoms with van der Waals surface area (Å²) >= 11 is 0. The summed E-state index contributed by atoms with van der Waals surface area (Å²) in [5.74, 6) is 0.00377. The number of carbonyl (C=O) groups excluding carboxylic acids is 2. The van der Waals surface area contributed by atoms with Gasteiger partial charge in [-0.25, -0.2) is 9.78 Å². The van der Waals surface area contributed by atoms with Crippen LogP contribution in [0.1, 0.15) is 23.3 Å². The van der Waals surface area contributed by atoms with Crippen LogP contribution in [0.5, 0.6) is 5.75 Å². The second kappa shape index (κ2) is 7.70. The molecule has 2 aromatic rings. The second-order valence-electron chi connectivity index (χ2n) is 6.17. The van der Waals surface area contributed by atoms with Crippen molar-refractivity contribution >= 4 is 22.8 Å². The smallest absolute Gasteiger partial charge is 0.328 e. The number of rotatable bonds is 4. The van der Waals surface area contributed by atoms with Gasteiger partial charge in [0.1, 0.15) is 17.5 Å². The fourth-order valence-electron chi connectivity index (χ4n) is 3.25. The number of pyridine rings is 1. The predicted molar refractivity (Wildman–Crippen MR) is 95.2 cm³/mol. The molecule has 1 aliphatic heterocycles. The first-order valence-electron chi connectivity index (χ1n) is 8.43. The van der Waals surface area contributed by atoms with Crippen LogP contribution < -0.4 is 4.74 Å². The van der Waals surface area contributed by atoms with E-state index in [1.54, 1.807) is 32.4 Å². The van der Waals surface area contributed by atoms with E-state index in [1.165, 1.54) is 12.0 Å². The van der Waals surface area contributed by atoms with Gasteiger partial charge in [0.25, 0.3) is 5.91 Å². The predicted octanol–water partition coefficient (Wildman–Crippen LogP) is 2.04. The minimum atomic E-state index is -0.667. The van der Waals surface area contributed by atoms with Crippen LogP contribution in [0.4, 0.5) is 0 Å². The number of aromatic nitrogens is 1.